The zero-order valence-corrected chi connectivity index (χ0v) is 16.0. The first kappa shape index (κ1) is 17.2. The molecule has 0 saturated carbocycles. The van der Waals surface area contributed by atoms with Crippen molar-refractivity contribution in [1.82, 2.24) is 10.1 Å². The zero-order valence-electron chi connectivity index (χ0n) is 14.4. The Balaban J connectivity index is 1.78. The molecular formula is C20H19BrN2O3. The molecule has 0 aliphatic carbocycles. The number of hydrogen-bond acceptors (Lipinski definition) is 5. The molecule has 1 aliphatic rings. The fraction of sp³-hybridized carbons (Fsp3) is 0.300. The van der Waals surface area contributed by atoms with Gasteiger partial charge in [0.25, 0.3) is 0 Å². The van der Waals surface area contributed by atoms with Gasteiger partial charge in [0.1, 0.15) is 5.75 Å². The normalized spacial score (nSPS) is 16.4. The number of hydrogen-bond donors (Lipinski definition) is 0. The van der Waals surface area contributed by atoms with E-state index >= 15 is 0 Å². The molecule has 0 N–H and O–H groups in total. The molecule has 0 spiro atoms. The summed E-state index contributed by atoms with van der Waals surface area (Å²) in [5, 5.41) is 4.24. The summed E-state index contributed by atoms with van der Waals surface area (Å²) in [4.78, 5) is 4.76. The first-order valence-corrected chi connectivity index (χ1v) is 9.34. The van der Waals surface area contributed by atoms with Gasteiger partial charge in [-0.05, 0) is 42.7 Å². The van der Waals surface area contributed by atoms with Crippen LogP contribution in [0.4, 0.5) is 0 Å². The Hall–Kier alpha value is -2.18. The molecule has 5 nitrogen and oxygen atoms in total. The minimum Gasteiger partial charge on any atom is -0.496 e. The molecule has 1 saturated heterocycles. The van der Waals surface area contributed by atoms with Crippen molar-refractivity contribution in [2.75, 3.05) is 20.3 Å². The highest BCUT2D eigenvalue weighted by atomic mass is 79.9. The predicted octanol–water partition coefficient (Wildman–Crippen LogP) is 4.60. The van der Waals surface area contributed by atoms with Crippen LogP contribution in [-0.2, 0) is 10.2 Å². The third-order valence-corrected chi connectivity index (χ3v) is 5.46. The summed E-state index contributed by atoms with van der Waals surface area (Å²) >= 11 is 3.50. The molecule has 26 heavy (non-hydrogen) atoms. The highest BCUT2D eigenvalue weighted by Gasteiger charge is 2.41. The number of ether oxygens (including phenoxy) is 2. The highest BCUT2D eigenvalue weighted by molar-refractivity contribution is 9.10. The molecule has 3 aromatic rings. The monoisotopic (exact) mass is 414 g/mol. The minimum atomic E-state index is -0.327. The third-order valence-electron chi connectivity index (χ3n) is 4.93. The number of rotatable bonds is 4. The fourth-order valence-corrected chi connectivity index (χ4v) is 3.74. The van der Waals surface area contributed by atoms with Gasteiger partial charge in [0.15, 0.2) is 0 Å². The molecule has 1 aliphatic heterocycles. The smallest absolute Gasteiger partial charge is 0.237 e. The lowest BCUT2D eigenvalue weighted by molar-refractivity contribution is 0.0523. The minimum absolute atomic E-state index is 0.327. The van der Waals surface area contributed by atoms with Crippen molar-refractivity contribution in [2.45, 2.75) is 18.3 Å². The topological polar surface area (TPSA) is 57.4 Å². The van der Waals surface area contributed by atoms with Gasteiger partial charge < -0.3 is 14.0 Å². The summed E-state index contributed by atoms with van der Waals surface area (Å²) in [5.74, 6) is 1.90. The average Bonchev–Trinajstić information content (AvgIpc) is 3.19. The molecular weight excluding hydrogens is 396 g/mol. The van der Waals surface area contributed by atoms with Crippen molar-refractivity contribution >= 4 is 15.9 Å². The van der Waals surface area contributed by atoms with Crippen LogP contribution in [0.1, 0.15) is 24.3 Å². The Bertz CT molecular complexity index is 886. The van der Waals surface area contributed by atoms with E-state index in [0.29, 0.717) is 24.9 Å². The lowest BCUT2D eigenvalue weighted by Crippen LogP contribution is -2.35. The Morgan fingerprint density at radius 3 is 2.50 bits per heavy atom. The maximum Gasteiger partial charge on any atom is 0.237 e. The molecule has 1 aromatic heterocycles. The quantitative estimate of drug-likeness (QED) is 0.623. The van der Waals surface area contributed by atoms with Gasteiger partial charge in [0.2, 0.25) is 11.7 Å². The van der Waals surface area contributed by atoms with Gasteiger partial charge in [-0.1, -0.05) is 45.4 Å². The predicted molar refractivity (Wildman–Crippen MR) is 101 cm³/mol. The van der Waals surface area contributed by atoms with Crippen LogP contribution in [0.15, 0.2) is 57.5 Å². The maximum atomic E-state index is 5.76. The molecule has 0 radical (unpaired) electrons. The lowest BCUT2D eigenvalue weighted by Gasteiger charge is -2.34. The molecule has 0 atom stereocenters. The molecule has 2 heterocycles. The van der Waals surface area contributed by atoms with Crippen molar-refractivity contribution in [3.8, 4) is 17.1 Å². The van der Waals surface area contributed by atoms with Gasteiger partial charge in [-0.25, -0.2) is 0 Å². The van der Waals surface area contributed by atoms with Crippen LogP contribution in [-0.4, -0.2) is 30.5 Å². The van der Waals surface area contributed by atoms with E-state index in [4.69, 9.17) is 19.0 Å². The standard InChI is InChI=1S/C20H19BrN2O3/c1-24-17-5-3-2-4-16(17)18-22-19(26-23-18)20(10-12-25-13-11-20)14-6-8-15(21)9-7-14/h2-9H,10-13H2,1H3. The summed E-state index contributed by atoms with van der Waals surface area (Å²) in [6.07, 6.45) is 1.62. The fourth-order valence-electron chi connectivity index (χ4n) is 3.47. The number of para-hydroxylation sites is 1. The Labute approximate surface area is 160 Å². The molecule has 6 heteroatoms. The third kappa shape index (κ3) is 3.04. The van der Waals surface area contributed by atoms with Crippen LogP contribution < -0.4 is 4.74 Å². The largest absolute Gasteiger partial charge is 0.496 e. The second-order valence-electron chi connectivity index (χ2n) is 6.32. The van der Waals surface area contributed by atoms with Crippen molar-refractivity contribution in [2.24, 2.45) is 0 Å². The molecule has 0 amide bonds. The van der Waals surface area contributed by atoms with E-state index in [0.717, 1.165) is 28.6 Å². The lowest BCUT2D eigenvalue weighted by atomic mass is 9.74. The summed E-state index contributed by atoms with van der Waals surface area (Å²) in [6, 6.07) is 16.0. The molecule has 0 bridgehead atoms. The molecule has 2 aromatic carbocycles. The van der Waals surface area contributed by atoms with Crippen LogP contribution in [0.3, 0.4) is 0 Å². The van der Waals surface area contributed by atoms with Crippen LogP contribution in [0.5, 0.6) is 5.75 Å². The Morgan fingerprint density at radius 1 is 1.04 bits per heavy atom. The van der Waals surface area contributed by atoms with E-state index in [-0.39, 0.29) is 5.41 Å². The number of benzene rings is 2. The zero-order chi connectivity index (χ0) is 18.0. The van der Waals surface area contributed by atoms with E-state index in [1.54, 1.807) is 7.11 Å². The molecule has 134 valence electrons. The van der Waals surface area contributed by atoms with E-state index < -0.39 is 0 Å². The molecule has 1 fully saturated rings. The number of methoxy groups -OCH3 is 1. The summed E-state index contributed by atoms with van der Waals surface area (Å²) in [7, 11) is 1.64. The highest BCUT2D eigenvalue weighted by Crippen LogP contribution is 2.41. The van der Waals surface area contributed by atoms with Crippen LogP contribution in [0, 0.1) is 0 Å². The maximum absolute atomic E-state index is 5.76. The van der Waals surface area contributed by atoms with Gasteiger partial charge in [-0.2, -0.15) is 4.98 Å². The average molecular weight is 415 g/mol. The first-order chi connectivity index (χ1) is 12.7. The van der Waals surface area contributed by atoms with Crippen molar-refractivity contribution in [1.29, 1.82) is 0 Å². The van der Waals surface area contributed by atoms with E-state index in [9.17, 15) is 0 Å². The number of aromatic nitrogens is 2. The Kier molecular flexibility index (Phi) is 4.78. The van der Waals surface area contributed by atoms with Crippen molar-refractivity contribution in [3.63, 3.8) is 0 Å². The van der Waals surface area contributed by atoms with Gasteiger partial charge in [0.05, 0.1) is 18.1 Å². The van der Waals surface area contributed by atoms with E-state index in [2.05, 4.69) is 33.2 Å². The van der Waals surface area contributed by atoms with Gasteiger partial charge in [0, 0.05) is 17.7 Å². The molecule has 0 unspecified atom stereocenters. The summed E-state index contributed by atoms with van der Waals surface area (Å²) < 4.78 is 17.8. The van der Waals surface area contributed by atoms with Gasteiger partial charge >= 0.3 is 0 Å². The molecule has 4 rings (SSSR count). The second kappa shape index (κ2) is 7.21. The van der Waals surface area contributed by atoms with Crippen LogP contribution >= 0.6 is 15.9 Å². The SMILES string of the molecule is COc1ccccc1-c1noc(C2(c3ccc(Br)cc3)CCOCC2)n1. The summed E-state index contributed by atoms with van der Waals surface area (Å²) in [6.45, 7) is 1.34. The first-order valence-electron chi connectivity index (χ1n) is 8.54. The van der Waals surface area contributed by atoms with E-state index in [1.807, 2.05) is 36.4 Å². The second-order valence-corrected chi connectivity index (χ2v) is 7.24. The van der Waals surface area contributed by atoms with E-state index in [1.165, 1.54) is 5.56 Å². The number of nitrogens with zero attached hydrogens (tertiary/aromatic N) is 2. The summed E-state index contributed by atoms with van der Waals surface area (Å²) in [5.41, 5.74) is 1.66. The Morgan fingerprint density at radius 2 is 1.77 bits per heavy atom. The van der Waals surface area contributed by atoms with Crippen LogP contribution in [0.25, 0.3) is 11.4 Å². The van der Waals surface area contributed by atoms with Crippen molar-refractivity contribution < 1.29 is 14.0 Å². The van der Waals surface area contributed by atoms with Crippen molar-refractivity contribution in [3.05, 3.63) is 64.5 Å². The van der Waals surface area contributed by atoms with Gasteiger partial charge in [-0.3, -0.25) is 0 Å². The van der Waals surface area contributed by atoms with Crippen LogP contribution in [0.2, 0.25) is 0 Å². The van der Waals surface area contributed by atoms with Gasteiger partial charge in [-0.15, -0.1) is 0 Å². The number of halogens is 1.